The second-order valence-corrected chi connectivity index (χ2v) is 3.65. The molecule has 0 aliphatic carbocycles. The van der Waals surface area contributed by atoms with Gasteiger partial charge in [-0.25, -0.2) is 4.79 Å². The van der Waals surface area contributed by atoms with E-state index in [2.05, 4.69) is 12.2 Å². The van der Waals surface area contributed by atoms with Gasteiger partial charge >= 0.3 is 6.03 Å². The molecule has 4 heteroatoms. The summed E-state index contributed by atoms with van der Waals surface area (Å²) in [7, 11) is 0. The number of hydrogen-bond donors (Lipinski definition) is 2. The Kier molecular flexibility index (Phi) is 4.02. The van der Waals surface area contributed by atoms with E-state index in [1.54, 1.807) is 0 Å². The molecule has 1 aliphatic heterocycles. The number of carbonyl (C=O) groups is 1. The van der Waals surface area contributed by atoms with Crippen LogP contribution in [-0.4, -0.2) is 42.3 Å². The summed E-state index contributed by atoms with van der Waals surface area (Å²) in [5.74, 6) is 0.605. The zero-order chi connectivity index (χ0) is 9.68. The average molecular weight is 186 g/mol. The largest absolute Gasteiger partial charge is 0.395 e. The maximum Gasteiger partial charge on any atom is 0.317 e. The quantitative estimate of drug-likeness (QED) is 0.656. The Morgan fingerprint density at radius 2 is 2.46 bits per heavy atom. The lowest BCUT2D eigenvalue weighted by Gasteiger charge is -2.30. The molecule has 0 saturated carbocycles. The van der Waals surface area contributed by atoms with Crippen molar-refractivity contribution in [2.45, 2.75) is 19.8 Å². The van der Waals surface area contributed by atoms with E-state index in [0.717, 1.165) is 19.5 Å². The normalized spacial score (nSPS) is 22.9. The molecule has 1 aliphatic rings. The van der Waals surface area contributed by atoms with Crippen molar-refractivity contribution in [2.24, 2.45) is 5.92 Å². The van der Waals surface area contributed by atoms with Crippen LogP contribution >= 0.6 is 0 Å². The van der Waals surface area contributed by atoms with Crippen LogP contribution in [0.3, 0.4) is 0 Å². The van der Waals surface area contributed by atoms with Gasteiger partial charge in [0, 0.05) is 19.6 Å². The van der Waals surface area contributed by atoms with E-state index in [9.17, 15) is 4.79 Å². The number of urea groups is 1. The van der Waals surface area contributed by atoms with Crippen LogP contribution in [0.2, 0.25) is 0 Å². The molecule has 4 nitrogen and oxygen atoms in total. The summed E-state index contributed by atoms with van der Waals surface area (Å²) in [6.45, 7) is 4.21. The molecule has 13 heavy (non-hydrogen) atoms. The van der Waals surface area contributed by atoms with Crippen molar-refractivity contribution in [2.75, 3.05) is 26.2 Å². The molecule has 2 amide bonds. The molecule has 0 aromatic rings. The summed E-state index contributed by atoms with van der Waals surface area (Å²) >= 11 is 0. The van der Waals surface area contributed by atoms with E-state index in [0.29, 0.717) is 12.5 Å². The Hall–Kier alpha value is -0.770. The van der Waals surface area contributed by atoms with E-state index in [1.807, 2.05) is 4.90 Å². The standard InChI is InChI=1S/C9H18N2O2/c1-8-3-2-5-11(7-8)9(13)10-4-6-12/h8,12H,2-7H2,1H3,(H,10,13). The lowest BCUT2D eigenvalue weighted by molar-refractivity contribution is 0.167. The average Bonchev–Trinajstić information content (AvgIpc) is 2.14. The SMILES string of the molecule is CC1CCCN(C(=O)NCCO)C1. The first-order valence-electron chi connectivity index (χ1n) is 4.87. The summed E-state index contributed by atoms with van der Waals surface area (Å²) < 4.78 is 0. The fourth-order valence-electron chi connectivity index (χ4n) is 1.65. The second-order valence-electron chi connectivity index (χ2n) is 3.65. The third-order valence-corrected chi connectivity index (χ3v) is 2.33. The van der Waals surface area contributed by atoms with Crippen molar-refractivity contribution in [1.82, 2.24) is 10.2 Å². The van der Waals surface area contributed by atoms with Crippen LogP contribution in [0.15, 0.2) is 0 Å². The zero-order valence-corrected chi connectivity index (χ0v) is 8.12. The Labute approximate surface area is 78.9 Å². The van der Waals surface area contributed by atoms with Gasteiger partial charge < -0.3 is 15.3 Å². The molecular formula is C9H18N2O2. The van der Waals surface area contributed by atoms with Gasteiger partial charge in [-0.05, 0) is 18.8 Å². The van der Waals surface area contributed by atoms with Gasteiger partial charge in [0.1, 0.15) is 0 Å². The van der Waals surface area contributed by atoms with Crippen LogP contribution in [0.1, 0.15) is 19.8 Å². The third kappa shape index (κ3) is 3.22. The summed E-state index contributed by atoms with van der Waals surface area (Å²) in [6, 6.07) is -0.0411. The molecule has 0 spiro atoms. The minimum absolute atomic E-state index is 0.00906. The summed E-state index contributed by atoms with van der Waals surface area (Å²) in [5.41, 5.74) is 0. The first kappa shape index (κ1) is 10.3. The molecule has 1 rings (SSSR count). The van der Waals surface area contributed by atoms with Gasteiger partial charge in [0.15, 0.2) is 0 Å². The maximum absolute atomic E-state index is 11.4. The van der Waals surface area contributed by atoms with Crippen molar-refractivity contribution >= 4 is 6.03 Å². The summed E-state index contributed by atoms with van der Waals surface area (Å²) in [6.07, 6.45) is 2.30. The highest BCUT2D eigenvalue weighted by Gasteiger charge is 2.19. The van der Waals surface area contributed by atoms with Crippen LogP contribution in [-0.2, 0) is 0 Å². The van der Waals surface area contributed by atoms with Gasteiger partial charge in [0.2, 0.25) is 0 Å². The molecule has 0 aromatic carbocycles. The molecular weight excluding hydrogens is 168 g/mol. The molecule has 1 atom stereocenters. The van der Waals surface area contributed by atoms with Gasteiger partial charge in [-0.2, -0.15) is 0 Å². The van der Waals surface area contributed by atoms with E-state index in [-0.39, 0.29) is 12.6 Å². The van der Waals surface area contributed by atoms with Crippen LogP contribution in [0.4, 0.5) is 4.79 Å². The van der Waals surface area contributed by atoms with Gasteiger partial charge in [0.05, 0.1) is 6.61 Å². The second kappa shape index (κ2) is 5.07. The van der Waals surface area contributed by atoms with Gasteiger partial charge in [0.25, 0.3) is 0 Å². The van der Waals surface area contributed by atoms with Crippen LogP contribution in [0.25, 0.3) is 0 Å². The Morgan fingerprint density at radius 1 is 1.69 bits per heavy atom. The molecule has 1 saturated heterocycles. The first-order valence-corrected chi connectivity index (χ1v) is 4.87. The predicted molar refractivity (Wildman–Crippen MR) is 50.5 cm³/mol. The number of likely N-dealkylation sites (tertiary alicyclic amines) is 1. The topological polar surface area (TPSA) is 52.6 Å². The third-order valence-electron chi connectivity index (χ3n) is 2.33. The van der Waals surface area contributed by atoms with Crippen molar-refractivity contribution in [1.29, 1.82) is 0 Å². The van der Waals surface area contributed by atoms with Crippen molar-refractivity contribution in [3.05, 3.63) is 0 Å². The van der Waals surface area contributed by atoms with Crippen molar-refractivity contribution in [3.63, 3.8) is 0 Å². The molecule has 1 heterocycles. The number of rotatable bonds is 2. The van der Waals surface area contributed by atoms with Gasteiger partial charge in [-0.3, -0.25) is 0 Å². The summed E-state index contributed by atoms with van der Waals surface area (Å²) in [4.78, 5) is 13.2. The number of piperidine rings is 1. The fraction of sp³-hybridized carbons (Fsp3) is 0.889. The predicted octanol–water partition coefficient (Wildman–Crippen LogP) is 0.420. The lowest BCUT2D eigenvalue weighted by Crippen LogP contribution is -2.45. The zero-order valence-electron chi connectivity index (χ0n) is 8.12. The Morgan fingerprint density at radius 3 is 3.08 bits per heavy atom. The number of carbonyl (C=O) groups excluding carboxylic acids is 1. The molecule has 1 fully saturated rings. The highest BCUT2D eigenvalue weighted by Crippen LogP contribution is 2.14. The number of hydrogen-bond acceptors (Lipinski definition) is 2. The number of aliphatic hydroxyl groups excluding tert-OH is 1. The number of aliphatic hydroxyl groups is 1. The maximum atomic E-state index is 11.4. The Bertz CT molecular complexity index is 173. The van der Waals surface area contributed by atoms with E-state index in [1.165, 1.54) is 6.42 Å². The minimum Gasteiger partial charge on any atom is -0.395 e. The van der Waals surface area contributed by atoms with Crippen LogP contribution in [0, 0.1) is 5.92 Å². The summed E-state index contributed by atoms with van der Waals surface area (Å²) in [5, 5.41) is 11.2. The van der Waals surface area contributed by atoms with Crippen LogP contribution < -0.4 is 5.32 Å². The van der Waals surface area contributed by atoms with Crippen LogP contribution in [0.5, 0.6) is 0 Å². The van der Waals surface area contributed by atoms with E-state index < -0.39 is 0 Å². The number of nitrogens with one attached hydrogen (secondary N) is 1. The minimum atomic E-state index is -0.0411. The molecule has 0 aromatic heterocycles. The fourth-order valence-corrected chi connectivity index (χ4v) is 1.65. The molecule has 0 radical (unpaired) electrons. The molecule has 1 unspecified atom stereocenters. The smallest absolute Gasteiger partial charge is 0.317 e. The number of nitrogens with zero attached hydrogens (tertiary/aromatic N) is 1. The molecule has 0 bridgehead atoms. The van der Waals surface area contributed by atoms with Crippen molar-refractivity contribution < 1.29 is 9.90 Å². The highest BCUT2D eigenvalue weighted by molar-refractivity contribution is 5.74. The molecule has 76 valence electrons. The van der Waals surface area contributed by atoms with E-state index in [4.69, 9.17) is 5.11 Å². The Balaban J connectivity index is 2.28. The number of amides is 2. The van der Waals surface area contributed by atoms with E-state index >= 15 is 0 Å². The lowest BCUT2D eigenvalue weighted by atomic mass is 10.0. The van der Waals surface area contributed by atoms with Gasteiger partial charge in [-0.15, -0.1) is 0 Å². The first-order chi connectivity index (χ1) is 6.24. The monoisotopic (exact) mass is 186 g/mol. The highest BCUT2D eigenvalue weighted by atomic mass is 16.3. The molecule has 2 N–H and O–H groups in total. The van der Waals surface area contributed by atoms with Crippen molar-refractivity contribution in [3.8, 4) is 0 Å². The van der Waals surface area contributed by atoms with Gasteiger partial charge in [-0.1, -0.05) is 6.92 Å².